The molecule has 1 atom stereocenters. The molecule has 2 aromatic carbocycles. The van der Waals surface area contributed by atoms with Crippen molar-refractivity contribution in [3.05, 3.63) is 62.8 Å². The highest BCUT2D eigenvalue weighted by atomic mass is 79.9. The summed E-state index contributed by atoms with van der Waals surface area (Å²) in [7, 11) is 3.33. The number of halogens is 1. The van der Waals surface area contributed by atoms with Crippen LogP contribution < -0.4 is 18.9 Å². The summed E-state index contributed by atoms with van der Waals surface area (Å²) in [6.07, 6.45) is 4.53. The molecule has 7 heteroatoms. The number of hydrogen-bond donors (Lipinski definition) is 0. The highest BCUT2D eigenvalue weighted by Crippen LogP contribution is 2.52. The maximum absolute atomic E-state index is 13.7. The zero-order valence-corrected chi connectivity index (χ0v) is 22.7. The second-order valence-corrected chi connectivity index (χ2v) is 11.5. The van der Waals surface area contributed by atoms with Gasteiger partial charge < -0.3 is 23.8 Å². The molecular formula is C29H30BrNO5. The average molecular weight is 552 g/mol. The van der Waals surface area contributed by atoms with E-state index in [2.05, 4.69) is 59.0 Å². The summed E-state index contributed by atoms with van der Waals surface area (Å²) < 4.78 is 23.8. The number of ketones is 1. The Hall–Kier alpha value is -2.93. The van der Waals surface area contributed by atoms with Gasteiger partial charge in [-0.25, -0.2) is 0 Å². The van der Waals surface area contributed by atoms with Crippen molar-refractivity contribution in [2.45, 2.75) is 39.0 Å². The Morgan fingerprint density at radius 2 is 1.78 bits per heavy atom. The van der Waals surface area contributed by atoms with Gasteiger partial charge in [-0.15, -0.1) is 0 Å². The van der Waals surface area contributed by atoms with Crippen LogP contribution in [-0.4, -0.2) is 44.7 Å². The van der Waals surface area contributed by atoms with Gasteiger partial charge in [0.1, 0.15) is 13.2 Å². The molecule has 0 amide bonds. The lowest BCUT2D eigenvalue weighted by atomic mass is 9.69. The van der Waals surface area contributed by atoms with Crippen LogP contribution in [-0.2, 0) is 11.2 Å². The van der Waals surface area contributed by atoms with E-state index in [1.54, 1.807) is 14.2 Å². The first-order valence-corrected chi connectivity index (χ1v) is 13.2. The highest BCUT2D eigenvalue weighted by molar-refractivity contribution is 9.10. The minimum Gasteiger partial charge on any atom is -0.493 e. The fraction of sp³-hybridized carbons (Fsp3) is 0.414. The smallest absolute Gasteiger partial charge is 0.175 e. The van der Waals surface area contributed by atoms with E-state index in [-0.39, 0.29) is 17.1 Å². The molecule has 6 nitrogen and oxygen atoms in total. The standard InChI is InChI=1S/C29H30BrNO5/c1-29(2)14-22-27(23(32)15-29)19(17-9-20(30)28-26(11-17)35-7-8-36-28)12-21-18-13-25(34-4)24(33-3)10-16(18)5-6-31(21)22/h9-13,19H,5-8,14-15H2,1-4H3. The van der Waals surface area contributed by atoms with E-state index in [4.69, 9.17) is 18.9 Å². The zero-order valence-electron chi connectivity index (χ0n) is 21.1. The summed E-state index contributed by atoms with van der Waals surface area (Å²) in [5.41, 5.74) is 6.46. The van der Waals surface area contributed by atoms with Crippen LogP contribution in [0.15, 0.2) is 46.1 Å². The second kappa shape index (κ2) is 8.58. The molecular weight excluding hydrogens is 522 g/mol. The molecule has 36 heavy (non-hydrogen) atoms. The fourth-order valence-electron chi connectivity index (χ4n) is 6.03. The molecule has 3 aliphatic heterocycles. The molecule has 0 aromatic heterocycles. The van der Waals surface area contributed by atoms with E-state index in [0.717, 1.165) is 63.5 Å². The first-order chi connectivity index (χ1) is 17.3. The van der Waals surface area contributed by atoms with E-state index >= 15 is 0 Å². The lowest BCUT2D eigenvalue weighted by Crippen LogP contribution is -2.40. The molecule has 3 heterocycles. The Bertz CT molecular complexity index is 1340. The number of nitrogens with zero attached hydrogens (tertiary/aromatic N) is 1. The fourth-order valence-corrected chi connectivity index (χ4v) is 6.61. The van der Waals surface area contributed by atoms with Gasteiger partial charge in [-0.2, -0.15) is 0 Å². The van der Waals surface area contributed by atoms with Gasteiger partial charge in [0.2, 0.25) is 0 Å². The number of Topliss-reactive ketones (excluding diaryl/α,β-unsaturated/α-hetero) is 1. The van der Waals surface area contributed by atoms with Crippen LogP contribution in [0, 0.1) is 5.41 Å². The van der Waals surface area contributed by atoms with Crippen LogP contribution in [0.2, 0.25) is 0 Å². The van der Waals surface area contributed by atoms with Gasteiger partial charge in [-0.1, -0.05) is 13.8 Å². The molecule has 0 saturated carbocycles. The SMILES string of the molecule is COc1cc2c(cc1OC)C1=CC(c3cc(Br)c4c(c3)OCCO4)C3=C(CC(C)(C)CC3=O)N1CC2. The molecule has 1 aliphatic carbocycles. The van der Waals surface area contributed by atoms with E-state index in [1.807, 2.05) is 6.07 Å². The molecule has 0 saturated heterocycles. The Kier molecular flexibility index (Phi) is 5.59. The first kappa shape index (κ1) is 23.5. The van der Waals surface area contributed by atoms with Crippen molar-refractivity contribution in [2.75, 3.05) is 34.0 Å². The number of benzene rings is 2. The molecule has 4 aliphatic rings. The molecule has 6 rings (SSSR count). The van der Waals surface area contributed by atoms with E-state index in [9.17, 15) is 4.79 Å². The predicted octanol–water partition coefficient (Wildman–Crippen LogP) is 5.88. The highest BCUT2D eigenvalue weighted by Gasteiger charge is 2.43. The van der Waals surface area contributed by atoms with Crippen molar-refractivity contribution in [3.63, 3.8) is 0 Å². The molecule has 0 radical (unpaired) electrons. The minimum absolute atomic E-state index is 0.0891. The van der Waals surface area contributed by atoms with Crippen molar-refractivity contribution in [1.82, 2.24) is 4.90 Å². The molecule has 0 bridgehead atoms. The van der Waals surface area contributed by atoms with Crippen LogP contribution in [0.5, 0.6) is 23.0 Å². The zero-order chi connectivity index (χ0) is 25.2. The summed E-state index contributed by atoms with van der Waals surface area (Å²) in [4.78, 5) is 16.1. The van der Waals surface area contributed by atoms with E-state index < -0.39 is 0 Å². The average Bonchev–Trinajstić information content (AvgIpc) is 2.86. The Labute approximate surface area is 220 Å². The summed E-state index contributed by atoms with van der Waals surface area (Å²) >= 11 is 3.68. The van der Waals surface area contributed by atoms with Crippen LogP contribution in [0.3, 0.4) is 0 Å². The van der Waals surface area contributed by atoms with Gasteiger partial charge in [0, 0.05) is 41.4 Å². The van der Waals surface area contributed by atoms with Gasteiger partial charge in [-0.3, -0.25) is 4.79 Å². The van der Waals surface area contributed by atoms with Crippen molar-refractivity contribution in [1.29, 1.82) is 0 Å². The van der Waals surface area contributed by atoms with Gasteiger partial charge in [0.15, 0.2) is 28.8 Å². The van der Waals surface area contributed by atoms with Crippen LogP contribution in [0.1, 0.15) is 49.3 Å². The predicted molar refractivity (Wildman–Crippen MR) is 141 cm³/mol. The number of ether oxygens (including phenoxy) is 4. The lowest BCUT2D eigenvalue weighted by Gasteiger charge is -2.46. The number of carbonyl (C=O) groups excluding carboxylic acids is 1. The monoisotopic (exact) mass is 551 g/mol. The number of fused-ring (bicyclic) bond motifs is 5. The van der Waals surface area contributed by atoms with Gasteiger partial charge in [0.05, 0.1) is 18.7 Å². The summed E-state index contributed by atoms with van der Waals surface area (Å²) in [5.74, 6) is 2.93. The third-order valence-electron chi connectivity index (χ3n) is 7.62. The van der Waals surface area contributed by atoms with E-state index in [0.29, 0.717) is 31.1 Å². The Morgan fingerprint density at radius 1 is 1.03 bits per heavy atom. The van der Waals surface area contributed by atoms with Gasteiger partial charge in [0.25, 0.3) is 0 Å². The second-order valence-electron chi connectivity index (χ2n) is 10.6. The quantitative estimate of drug-likeness (QED) is 0.475. The third kappa shape index (κ3) is 3.71. The minimum atomic E-state index is -0.180. The maximum atomic E-state index is 13.7. The number of rotatable bonds is 3. The first-order valence-electron chi connectivity index (χ1n) is 12.4. The number of methoxy groups -OCH3 is 2. The molecule has 188 valence electrons. The van der Waals surface area contributed by atoms with Crippen molar-refractivity contribution in [3.8, 4) is 23.0 Å². The van der Waals surface area contributed by atoms with Crippen molar-refractivity contribution < 1.29 is 23.7 Å². The normalized spacial score (nSPS) is 21.8. The van der Waals surface area contributed by atoms with Crippen LogP contribution >= 0.6 is 15.9 Å². The largest absolute Gasteiger partial charge is 0.493 e. The summed E-state index contributed by atoms with van der Waals surface area (Å²) in [5, 5.41) is 0. The molecule has 0 N–H and O–H groups in total. The maximum Gasteiger partial charge on any atom is 0.175 e. The van der Waals surface area contributed by atoms with Crippen molar-refractivity contribution in [2.24, 2.45) is 5.41 Å². The van der Waals surface area contributed by atoms with Crippen LogP contribution in [0.4, 0.5) is 0 Å². The molecule has 2 aromatic rings. The summed E-state index contributed by atoms with van der Waals surface area (Å²) in [6.45, 7) is 6.24. The molecule has 0 spiro atoms. The topological polar surface area (TPSA) is 57.2 Å². The lowest BCUT2D eigenvalue weighted by molar-refractivity contribution is -0.118. The number of allylic oxidation sites excluding steroid dienone is 3. The Balaban J connectivity index is 1.56. The number of hydrogen-bond acceptors (Lipinski definition) is 6. The van der Waals surface area contributed by atoms with Gasteiger partial charge >= 0.3 is 0 Å². The van der Waals surface area contributed by atoms with E-state index in [1.165, 1.54) is 5.56 Å². The Morgan fingerprint density at radius 3 is 2.56 bits per heavy atom. The number of carbonyl (C=O) groups is 1. The third-order valence-corrected chi connectivity index (χ3v) is 8.21. The molecule has 0 fully saturated rings. The van der Waals surface area contributed by atoms with Crippen molar-refractivity contribution >= 4 is 27.4 Å². The van der Waals surface area contributed by atoms with Crippen LogP contribution in [0.25, 0.3) is 5.70 Å². The molecule has 1 unspecified atom stereocenters. The summed E-state index contributed by atoms with van der Waals surface area (Å²) in [6, 6.07) is 8.26. The van der Waals surface area contributed by atoms with Gasteiger partial charge in [-0.05, 0) is 75.7 Å².